The van der Waals surface area contributed by atoms with Crippen molar-refractivity contribution in [1.29, 1.82) is 0 Å². The van der Waals surface area contributed by atoms with Crippen LogP contribution in [-0.4, -0.2) is 11.8 Å². The van der Waals surface area contributed by atoms with E-state index in [4.69, 9.17) is 11.6 Å². The number of aryl methyl sites for hydroxylation is 2. The van der Waals surface area contributed by atoms with Crippen LogP contribution in [0.15, 0.2) is 150 Å². The second-order valence-corrected chi connectivity index (χ2v) is 14.0. The first-order chi connectivity index (χ1) is 20.4. The summed E-state index contributed by atoms with van der Waals surface area (Å²) in [7, 11) is -2.86. The summed E-state index contributed by atoms with van der Waals surface area (Å²) in [6.07, 6.45) is 0. The van der Waals surface area contributed by atoms with E-state index in [1.165, 1.54) is 0 Å². The number of benzene rings is 5. The van der Waals surface area contributed by atoms with Gasteiger partial charge in [-0.1, -0.05) is 84.4 Å². The third-order valence-corrected chi connectivity index (χ3v) is 11.9. The molecule has 2 amide bonds. The van der Waals surface area contributed by atoms with E-state index < -0.39 is 19.1 Å². The maximum Gasteiger partial charge on any atom is 0.277 e. The van der Waals surface area contributed by atoms with Gasteiger partial charge in [0.1, 0.15) is 15.9 Å². The molecule has 0 aliphatic carbocycles. The summed E-state index contributed by atoms with van der Waals surface area (Å²) in [5.41, 5.74) is 2.98. The fourth-order valence-electron chi connectivity index (χ4n) is 5.00. The van der Waals surface area contributed by atoms with E-state index in [0.29, 0.717) is 11.3 Å². The van der Waals surface area contributed by atoms with E-state index in [0.717, 1.165) is 27.0 Å². The molecular formula is C36H31ClN2O2P+. The van der Waals surface area contributed by atoms with E-state index in [1.54, 1.807) is 12.1 Å². The van der Waals surface area contributed by atoms with Crippen molar-refractivity contribution < 1.29 is 9.59 Å². The first-order valence-corrected chi connectivity index (χ1v) is 15.8. The molecule has 6 heteroatoms. The predicted octanol–water partition coefficient (Wildman–Crippen LogP) is 7.07. The zero-order chi connectivity index (χ0) is 29.5. The van der Waals surface area contributed by atoms with Gasteiger partial charge in [0.05, 0.1) is 0 Å². The zero-order valence-electron chi connectivity index (χ0n) is 23.4. The predicted molar refractivity (Wildman–Crippen MR) is 176 cm³/mol. The molecule has 0 spiro atoms. The Labute approximate surface area is 252 Å². The fourth-order valence-corrected chi connectivity index (χ4v) is 9.94. The minimum absolute atomic E-state index is 0.00886. The van der Waals surface area contributed by atoms with Crippen LogP contribution < -0.4 is 26.5 Å². The number of rotatable bonds is 8. The van der Waals surface area contributed by atoms with Crippen molar-refractivity contribution in [1.82, 2.24) is 5.32 Å². The summed E-state index contributed by atoms with van der Waals surface area (Å²) >= 11 is 7.58. The van der Waals surface area contributed by atoms with Crippen LogP contribution in [0.3, 0.4) is 0 Å². The Morgan fingerprint density at radius 3 is 1.55 bits per heavy atom. The highest BCUT2D eigenvalue weighted by atomic mass is 35.5. The van der Waals surface area contributed by atoms with Crippen molar-refractivity contribution in [3.8, 4) is 0 Å². The molecule has 0 aliphatic rings. The number of hydrogen-bond acceptors (Lipinski definition) is 2. The molecule has 5 rings (SSSR count). The first kappa shape index (κ1) is 29.0. The largest absolute Gasteiger partial charge is 0.321 e. The van der Waals surface area contributed by atoms with Gasteiger partial charge in [-0.3, -0.25) is 9.59 Å². The molecule has 0 heterocycles. The molecule has 0 unspecified atom stereocenters. The lowest BCUT2D eigenvalue weighted by atomic mass is 10.1. The molecule has 0 aliphatic heterocycles. The lowest BCUT2D eigenvalue weighted by Gasteiger charge is -2.28. The summed E-state index contributed by atoms with van der Waals surface area (Å²) in [6, 6.07) is 44.7. The van der Waals surface area contributed by atoms with Crippen LogP contribution in [0.5, 0.6) is 0 Å². The standard InChI is InChI=1S/C36H30ClN2O2P/c1-26-14-12-16-28(24-26)35(40)39-33(36(41)38-29-17-13-15-27(2)25-29)34(37)42(30-18-6-3-7-19-30,31-20-8-4-9-21-31)32-22-10-5-11-23-32/h3-25H,1-2H3,(H-,38,39,40,41)/p+1. The highest BCUT2D eigenvalue weighted by Gasteiger charge is 2.52. The van der Waals surface area contributed by atoms with Crippen LogP contribution in [0.25, 0.3) is 0 Å². The molecule has 0 radical (unpaired) electrons. The Balaban J connectivity index is 1.79. The van der Waals surface area contributed by atoms with E-state index in [-0.39, 0.29) is 10.5 Å². The Morgan fingerprint density at radius 1 is 0.595 bits per heavy atom. The van der Waals surface area contributed by atoms with Gasteiger partial charge >= 0.3 is 0 Å². The molecule has 0 aromatic heterocycles. The van der Waals surface area contributed by atoms with E-state index in [2.05, 4.69) is 10.6 Å². The number of halogens is 1. The molecule has 2 N–H and O–H groups in total. The second kappa shape index (κ2) is 13.0. The summed E-state index contributed by atoms with van der Waals surface area (Å²) in [4.78, 5) is 27.9. The fraction of sp³-hybridized carbons (Fsp3) is 0.0556. The molecular weight excluding hydrogens is 559 g/mol. The molecule has 4 nitrogen and oxygen atoms in total. The first-order valence-electron chi connectivity index (χ1n) is 13.6. The highest BCUT2D eigenvalue weighted by molar-refractivity contribution is 8.00. The Kier molecular flexibility index (Phi) is 8.97. The minimum Gasteiger partial charge on any atom is -0.321 e. The monoisotopic (exact) mass is 589 g/mol. The number of carbonyl (C=O) groups excluding carboxylic acids is 2. The summed E-state index contributed by atoms with van der Waals surface area (Å²) < 4.78 is 0.275. The SMILES string of the molecule is Cc1cccc(NC(=O)C(NC(=O)c2cccc(C)c2)=C(Cl)[P+](c2ccccc2)(c2ccccc2)c2ccccc2)c1. The number of nitrogens with one attached hydrogen (secondary N) is 2. The molecule has 0 fully saturated rings. The van der Waals surface area contributed by atoms with E-state index >= 15 is 0 Å². The minimum atomic E-state index is -2.86. The summed E-state index contributed by atoms with van der Waals surface area (Å²) in [5.74, 6) is -0.919. The zero-order valence-corrected chi connectivity index (χ0v) is 25.1. The van der Waals surface area contributed by atoms with Gasteiger partial charge in [-0.05, 0) is 91.7 Å². The third kappa shape index (κ3) is 6.06. The molecule has 208 valence electrons. The van der Waals surface area contributed by atoms with Crippen LogP contribution in [0, 0.1) is 13.8 Å². The molecule has 0 saturated heterocycles. The number of hydrogen-bond donors (Lipinski definition) is 2. The quantitative estimate of drug-likeness (QED) is 0.150. The molecule has 5 aromatic carbocycles. The third-order valence-electron chi connectivity index (χ3n) is 6.95. The van der Waals surface area contributed by atoms with Crippen LogP contribution in [-0.2, 0) is 4.79 Å². The Hall–Kier alpha value is -4.50. The van der Waals surface area contributed by atoms with Crippen LogP contribution in [0.2, 0.25) is 0 Å². The van der Waals surface area contributed by atoms with Gasteiger partial charge in [-0.15, -0.1) is 0 Å². The average Bonchev–Trinajstić information content (AvgIpc) is 3.01. The number of carbonyl (C=O) groups is 2. The van der Waals surface area contributed by atoms with Crippen molar-refractivity contribution in [2.24, 2.45) is 0 Å². The van der Waals surface area contributed by atoms with Crippen LogP contribution >= 0.6 is 18.9 Å². The summed E-state index contributed by atoms with van der Waals surface area (Å²) in [6.45, 7) is 3.87. The van der Waals surface area contributed by atoms with Crippen molar-refractivity contribution in [3.63, 3.8) is 0 Å². The normalized spacial score (nSPS) is 11.8. The van der Waals surface area contributed by atoms with Crippen molar-refractivity contribution in [2.75, 3.05) is 5.32 Å². The average molecular weight is 590 g/mol. The Morgan fingerprint density at radius 2 is 1.07 bits per heavy atom. The van der Waals surface area contributed by atoms with Gasteiger partial charge < -0.3 is 10.6 Å². The topological polar surface area (TPSA) is 58.2 Å². The van der Waals surface area contributed by atoms with Gasteiger partial charge in [0.2, 0.25) is 4.77 Å². The van der Waals surface area contributed by atoms with Crippen molar-refractivity contribution >= 4 is 52.3 Å². The van der Waals surface area contributed by atoms with Gasteiger partial charge in [0.15, 0.2) is 13.0 Å². The molecule has 0 bridgehead atoms. The lowest BCUT2D eigenvalue weighted by molar-refractivity contribution is -0.113. The molecule has 5 aromatic rings. The number of anilines is 1. The van der Waals surface area contributed by atoms with Crippen molar-refractivity contribution in [3.05, 3.63) is 167 Å². The highest BCUT2D eigenvalue weighted by Crippen LogP contribution is 2.64. The van der Waals surface area contributed by atoms with E-state index in [1.807, 2.05) is 141 Å². The molecule has 0 atom stereocenters. The van der Waals surface area contributed by atoms with Gasteiger partial charge in [-0.25, -0.2) is 0 Å². The maximum atomic E-state index is 14.2. The van der Waals surface area contributed by atoms with Gasteiger partial charge in [0.25, 0.3) is 11.8 Å². The van der Waals surface area contributed by atoms with Crippen LogP contribution in [0.1, 0.15) is 21.5 Å². The van der Waals surface area contributed by atoms with Gasteiger partial charge in [0, 0.05) is 11.3 Å². The van der Waals surface area contributed by atoms with Crippen LogP contribution in [0.4, 0.5) is 5.69 Å². The van der Waals surface area contributed by atoms with E-state index in [9.17, 15) is 9.59 Å². The second-order valence-electron chi connectivity index (χ2n) is 9.99. The Bertz CT molecular complexity index is 1640. The van der Waals surface area contributed by atoms with Crippen molar-refractivity contribution in [2.45, 2.75) is 13.8 Å². The smallest absolute Gasteiger partial charge is 0.277 e. The van der Waals surface area contributed by atoms with Gasteiger partial charge in [-0.2, -0.15) is 0 Å². The summed E-state index contributed by atoms with van der Waals surface area (Å²) in [5, 5.41) is 8.78. The number of amides is 2. The molecule has 42 heavy (non-hydrogen) atoms. The lowest BCUT2D eigenvalue weighted by Crippen LogP contribution is -2.37. The molecule has 0 saturated carbocycles. The maximum absolute atomic E-state index is 14.2.